The number of carbonyl (C=O) groups excluding carboxylic acids is 1. The summed E-state index contributed by atoms with van der Waals surface area (Å²) in [6, 6.07) is 19.0. The number of esters is 1. The van der Waals surface area contributed by atoms with Crippen molar-refractivity contribution in [2.24, 2.45) is 11.3 Å². The van der Waals surface area contributed by atoms with E-state index in [4.69, 9.17) is 9.47 Å². The van der Waals surface area contributed by atoms with E-state index in [0.29, 0.717) is 5.41 Å². The predicted molar refractivity (Wildman–Crippen MR) is 99.3 cm³/mol. The van der Waals surface area contributed by atoms with Gasteiger partial charge in [-0.3, -0.25) is 4.79 Å². The number of anilines is 1. The van der Waals surface area contributed by atoms with Gasteiger partial charge in [-0.15, -0.1) is 0 Å². The molecule has 2 saturated heterocycles. The van der Waals surface area contributed by atoms with E-state index in [1.165, 1.54) is 23.9 Å². The van der Waals surface area contributed by atoms with Crippen LogP contribution in [0, 0.1) is 11.3 Å². The Morgan fingerprint density at radius 2 is 1.62 bits per heavy atom. The number of hydrogen-bond acceptors (Lipinski definition) is 4. The van der Waals surface area contributed by atoms with E-state index in [0.717, 1.165) is 26.3 Å². The highest BCUT2D eigenvalue weighted by atomic mass is 16.5. The number of benzene rings is 2. The van der Waals surface area contributed by atoms with Crippen molar-refractivity contribution in [2.45, 2.75) is 11.8 Å². The molecular weight excluding hydrogens is 326 g/mol. The third-order valence-corrected chi connectivity index (χ3v) is 6.19. The highest BCUT2D eigenvalue weighted by Crippen LogP contribution is 2.61. The van der Waals surface area contributed by atoms with Gasteiger partial charge in [-0.2, -0.15) is 0 Å². The Morgan fingerprint density at radius 1 is 1.00 bits per heavy atom. The van der Waals surface area contributed by atoms with Crippen LogP contribution in [0.4, 0.5) is 5.69 Å². The molecule has 3 fully saturated rings. The summed E-state index contributed by atoms with van der Waals surface area (Å²) in [4.78, 5) is 14.6. The zero-order valence-electron chi connectivity index (χ0n) is 14.9. The van der Waals surface area contributed by atoms with Gasteiger partial charge in [0.05, 0.1) is 31.7 Å². The molecule has 3 atom stereocenters. The van der Waals surface area contributed by atoms with Gasteiger partial charge in [0.25, 0.3) is 0 Å². The lowest BCUT2D eigenvalue weighted by Gasteiger charge is -2.56. The van der Waals surface area contributed by atoms with Crippen LogP contribution < -0.4 is 4.90 Å². The molecule has 2 heterocycles. The van der Waals surface area contributed by atoms with Crippen LogP contribution in [0.25, 0.3) is 0 Å². The molecule has 0 aromatic heterocycles. The fraction of sp³-hybridized carbons (Fsp3) is 0.409. The molecule has 26 heavy (non-hydrogen) atoms. The molecule has 134 valence electrons. The van der Waals surface area contributed by atoms with E-state index in [2.05, 4.69) is 41.3 Å². The van der Waals surface area contributed by atoms with Gasteiger partial charge in [-0.1, -0.05) is 42.5 Å². The summed E-state index contributed by atoms with van der Waals surface area (Å²) < 4.78 is 10.4. The van der Waals surface area contributed by atoms with Crippen LogP contribution in [0.2, 0.25) is 0 Å². The van der Waals surface area contributed by atoms with E-state index < -0.39 is 0 Å². The van der Waals surface area contributed by atoms with Gasteiger partial charge in [0.2, 0.25) is 0 Å². The molecule has 0 amide bonds. The molecule has 0 bridgehead atoms. The first kappa shape index (κ1) is 15.9. The SMILES string of the molecule is COC(=O)[C@@H]1[C@H](c2ccccc2)[C@H]1c1ccc(N2CC3(COC3)C2)cc1. The Balaban J connectivity index is 1.34. The number of ether oxygens (including phenoxy) is 2. The molecule has 4 nitrogen and oxygen atoms in total. The molecule has 2 aliphatic heterocycles. The highest BCUT2D eigenvalue weighted by molar-refractivity contribution is 5.80. The maximum absolute atomic E-state index is 12.2. The Bertz CT molecular complexity index is 805. The van der Waals surface area contributed by atoms with E-state index in [1.807, 2.05) is 18.2 Å². The van der Waals surface area contributed by atoms with Crippen LogP contribution >= 0.6 is 0 Å². The lowest BCUT2D eigenvalue weighted by Crippen LogP contribution is -2.66. The molecule has 3 aliphatic rings. The van der Waals surface area contributed by atoms with Crippen molar-refractivity contribution < 1.29 is 14.3 Å². The van der Waals surface area contributed by atoms with Crippen LogP contribution in [0.15, 0.2) is 54.6 Å². The maximum atomic E-state index is 12.2. The second kappa shape index (κ2) is 5.85. The van der Waals surface area contributed by atoms with Crippen molar-refractivity contribution >= 4 is 11.7 Å². The Labute approximate surface area is 153 Å². The monoisotopic (exact) mass is 349 g/mol. The molecule has 1 saturated carbocycles. The lowest BCUT2D eigenvalue weighted by atomic mass is 9.78. The summed E-state index contributed by atoms with van der Waals surface area (Å²) in [5.74, 6) is 0.241. The topological polar surface area (TPSA) is 38.8 Å². The summed E-state index contributed by atoms with van der Waals surface area (Å²) in [7, 11) is 1.48. The van der Waals surface area contributed by atoms with Crippen molar-refractivity contribution in [3.63, 3.8) is 0 Å². The molecule has 2 aromatic rings. The van der Waals surface area contributed by atoms with Crippen molar-refractivity contribution in [3.8, 4) is 0 Å². The fourth-order valence-electron chi connectivity index (χ4n) is 4.67. The lowest BCUT2D eigenvalue weighted by molar-refractivity contribution is -0.142. The molecule has 2 aromatic carbocycles. The van der Waals surface area contributed by atoms with Gasteiger partial charge in [0.15, 0.2) is 0 Å². The summed E-state index contributed by atoms with van der Waals surface area (Å²) in [6.45, 7) is 3.99. The van der Waals surface area contributed by atoms with Gasteiger partial charge in [-0.25, -0.2) is 0 Å². The summed E-state index contributed by atoms with van der Waals surface area (Å²) in [6.07, 6.45) is 0. The molecule has 0 N–H and O–H groups in total. The minimum Gasteiger partial charge on any atom is -0.469 e. The largest absolute Gasteiger partial charge is 0.469 e. The molecule has 0 unspecified atom stereocenters. The molecule has 1 spiro atoms. The van der Waals surface area contributed by atoms with Gasteiger partial charge in [0, 0.05) is 30.6 Å². The number of hydrogen-bond donors (Lipinski definition) is 0. The second-order valence-electron chi connectivity index (χ2n) is 7.95. The van der Waals surface area contributed by atoms with Crippen LogP contribution in [0.5, 0.6) is 0 Å². The van der Waals surface area contributed by atoms with E-state index in [1.54, 1.807) is 0 Å². The van der Waals surface area contributed by atoms with Gasteiger partial charge in [-0.05, 0) is 23.3 Å². The van der Waals surface area contributed by atoms with Crippen molar-refractivity contribution in [3.05, 3.63) is 65.7 Å². The van der Waals surface area contributed by atoms with E-state index in [-0.39, 0.29) is 23.7 Å². The molecule has 4 heteroatoms. The van der Waals surface area contributed by atoms with Crippen molar-refractivity contribution in [2.75, 3.05) is 38.3 Å². The zero-order chi connectivity index (χ0) is 17.7. The fourth-order valence-corrected chi connectivity index (χ4v) is 4.67. The number of rotatable bonds is 4. The normalized spacial score (nSPS) is 28.2. The highest BCUT2D eigenvalue weighted by Gasteiger charge is 2.57. The summed E-state index contributed by atoms with van der Waals surface area (Å²) in [5.41, 5.74) is 4.12. The number of methoxy groups -OCH3 is 1. The minimum atomic E-state index is -0.109. The summed E-state index contributed by atoms with van der Waals surface area (Å²) in [5, 5.41) is 0. The third-order valence-electron chi connectivity index (χ3n) is 6.19. The van der Waals surface area contributed by atoms with Gasteiger partial charge >= 0.3 is 5.97 Å². The first-order valence-corrected chi connectivity index (χ1v) is 9.26. The molecule has 5 rings (SSSR count). The number of nitrogens with zero attached hydrogens (tertiary/aromatic N) is 1. The van der Waals surface area contributed by atoms with Crippen LogP contribution in [-0.2, 0) is 14.3 Å². The Kier molecular flexibility index (Phi) is 3.57. The Hall–Kier alpha value is -2.33. The average molecular weight is 349 g/mol. The van der Waals surface area contributed by atoms with Gasteiger partial charge < -0.3 is 14.4 Å². The first-order chi connectivity index (χ1) is 12.7. The molecule has 0 radical (unpaired) electrons. The first-order valence-electron chi connectivity index (χ1n) is 9.26. The predicted octanol–water partition coefficient (Wildman–Crippen LogP) is 3.19. The Morgan fingerprint density at radius 3 is 2.15 bits per heavy atom. The average Bonchev–Trinajstić information content (AvgIpc) is 3.36. The van der Waals surface area contributed by atoms with E-state index >= 15 is 0 Å². The van der Waals surface area contributed by atoms with Crippen LogP contribution in [0.3, 0.4) is 0 Å². The quantitative estimate of drug-likeness (QED) is 0.795. The third kappa shape index (κ3) is 2.43. The smallest absolute Gasteiger partial charge is 0.309 e. The summed E-state index contributed by atoms with van der Waals surface area (Å²) >= 11 is 0. The minimum absolute atomic E-state index is 0.0762. The number of carbonyl (C=O) groups is 1. The van der Waals surface area contributed by atoms with Gasteiger partial charge in [0.1, 0.15) is 0 Å². The molecule has 1 aliphatic carbocycles. The second-order valence-corrected chi connectivity index (χ2v) is 7.95. The van der Waals surface area contributed by atoms with E-state index in [9.17, 15) is 4.79 Å². The standard InChI is InChI=1S/C22H23NO3/c1-25-21(24)20-18(15-5-3-2-4-6-15)19(20)16-7-9-17(10-8-16)23-11-22(12-23)13-26-14-22/h2-10,18-20H,11-14H2,1H3/t18-,19-,20-/m1/s1. The molecular formula is C22H23NO3. The maximum Gasteiger partial charge on any atom is 0.309 e. The zero-order valence-corrected chi connectivity index (χ0v) is 14.9. The van der Waals surface area contributed by atoms with Crippen molar-refractivity contribution in [1.29, 1.82) is 0 Å². The van der Waals surface area contributed by atoms with Crippen LogP contribution in [-0.4, -0.2) is 39.4 Å². The van der Waals surface area contributed by atoms with Crippen molar-refractivity contribution in [1.82, 2.24) is 0 Å². The van der Waals surface area contributed by atoms with Crippen LogP contribution in [0.1, 0.15) is 23.0 Å².